The van der Waals surface area contributed by atoms with Gasteiger partial charge in [-0.05, 0) is 59.7 Å². The number of carbonyl (C=O) groups is 1. The number of nitrogens with one attached hydrogen (secondary N) is 2. The molecule has 4 aromatic rings. The number of rotatable bonds is 9. The number of ether oxygens (including phenoxy) is 2. The second-order valence-electron chi connectivity index (χ2n) is 8.72. The molecule has 2 N–H and O–H groups in total. The molecule has 3 aromatic carbocycles. The molecule has 1 heterocycles. The van der Waals surface area contributed by atoms with Crippen LogP contribution in [0.5, 0.6) is 11.5 Å². The van der Waals surface area contributed by atoms with E-state index in [9.17, 15) is 9.59 Å². The van der Waals surface area contributed by atoms with E-state index in [1.165, 1.54) is 0 Å². The molecular weight excluding hydrogens is 454 g/mol. The van der Waals surface area contributed by atoms with E-state index in [4.69, 9.17) is 9.47 Å². The average molecular weight is 486 g/mol. The van der Waals surface area contributed by atoms with Gasteiger partial charge in [0.05, 0.1) is 20.8 Å². The normalized spacial score (nSPS) is 10.8. The Kier molecular flexibility index (Phi) is 7.90. The molecule has 0 saturated heterocycles. The molecule has 7 nitrogen and oxygen atoms in total. The summed E-state index contributed by atoms with van der Waals surface area (Å²) in [5.41, 5.74) is 4.20. The number of hydrogen-bond donors (Lipinski definition) is 2. The average Bonchev–Trinajstić information content (AvgIpc) is 2.90. The topological polar surface area (TPSA) is 83.7 Å². The lowest BCUT2D eigenvalue weighted by Gasteiger charge is -2.23. The molecule has 0 saturated carbocycles. The second kappa shape index (κ2) is 11.4. The smallest absolute Gasteiger partial charge is 0.317 e. The molecule has 0 unspecified atom stereocenters. The molecule has 2 amide bonds. The Morgan fingerprint density at radius 2 is 1.69 bits per heavy atom. The SMILES string of the molecule is COc1ccc(CCN(Cc2cc3ccc(C)cc3[nH]c2=O)C(=O)NCc2ccccc2)cc1OC. The first kappa shape index (κ1) is 24.9. The fourth-order valence-electron chi connectivity index (χ4n) is 4.12. The number of pyridine rings is 1. The van der Waals surface area contributed by atoms with Crippen molar-refractivity contribution in [1.82, 2.24) is 15.2 Å². The number of benzene rings is 3. The van der Waals surface area contributed by atoms with Crippen molar-refractivity contribution >= 4 is 16.9 Å². The van der Waals surface area contributed by atoms with E-state index in [1.54, 1.807) is 19.1 Å². The van der Waals surface area contributed by atoms with Gasteiger partial charge >= 0.3 is 6.03 Å². The van der Waals surface area contributed by atoms with Crippen molar-refractivity contribution in [2.75, 3.05) is 20.8 Å². The van der Waals surface area contributed by atoms with Crippen LogP contribution >= 0.6 is 0 Å². The third kappa shape index (κ3) is 6.05. The van der Waals surface area contributed by atoms with Crippen LogP contribution < -0.4 is 20.3 Å². The van der Waals surface area contributed by atoms with Gasteiger partial charge in [-0.2, -0.15) is 0 Å². The number of carbonyl (C=O) groups excluding carboxylic acids is 1. The van der Waals surface area contributed by atoms with Gasteiger partial charge in [-0.25, -0.2) is 4.79 Å². The predicted molar refractivity (Wildman–Crippen MR) is 142 cm³/mol. The Balaban J connectivity index is 1.56. The number of nitrogens with zero attached hydrogens (tertiary/aromatic N) is 1. The van der Waals surface area contributed by atoms with Gasteiger partial charge in [-0.15, -0.1) is 0 Å². The standard InChI is InChI=1S/C29H31N3O4/c1-20-9-11-23-17-24(28(33)31-25(23)15-20)19-32(29(34)30-18-22-7-5-4-6-8-22)14-13-21-10-12-26(35-2)27(16-21)36-3/h4-12,15-17H,13-14,18-19H2,1-3H3,(H,30,34)(H,31,33). The van der Waals surface area contributed by atoms with Crippen molar-refractivity contribution < 1.29 is 14.3 Å². The number of amides is 2. The third-order valence-corrected chi connectivity index (χ3v) is 6.13. The maximum Gasteiger partial charge on any atom is 0.317 e. The predicted octanol–water partition coefficient (Wildman–Crippen LogP) is 4.81. The highest BCUT2D eigenvalue weighted by atomic mass is 16.5. The van der Waals surface area contributed by atoms with Gasteiger partial charge in [0.1, 0.15) is 0 Å². The summed E-state index contributed by atoms with van der Waals surface area (Å²) in [7, 11) is 3.19. The summed E-state index contributed by atoms with van der Waals surface area (Å²) in [6, 6.07) is 23.0. The third-order valence-electron chi connectivity index (χ3n) is 6.13. The molecular formula is C29H31N3O4. The first-order valence-corrected chi connectivity index (χ1v) is 11.9. The van der Waals surface area contributed by atoms with Crippen LogP contribution in [0.1, 0.15) is 22.3 Å². The maximum atomic E-state index is 13.2. The molecule has 0 atom stereocenters. The Hall–Kier alpha value is -4.26. The van der Waals surface area contributed by atoms with Gasteiger partial charge in [0.15, 0.2) is 11.5 Å². The van der Waals surface area contributed by atoms with E-state index < -0.39 is 0 Å². The Bertz CT molecular complexity index is 1400. The molecule has 0 aliphatic heterocycles. The largest absolute Gasteiger partial charge is 0.493 e. The summed E-state index contributed by atoms with van der Waals surface area (Å²) in [4.78, 5) is 30.7. The van der Waals surface area contributed by atoms with E-state index in [0.29, 0.717) is 36.6 Å². The van der Waals surface area contributed by atoms with Gasteiger partial charge in [-0.3, -0.25) is 4.79 Å². The highest BCUT2D eigenvalue weighted by Gasteiger charge is 2.17. The highest BCUT2D eigenvalue weighted by Crippen LogP contribution is 2.27. The minimum atomic E-state index is -0.234. The van der Waals surface area contributed by atoms with Crippen LogP contribution in [0, 0.1) is 6.92 Å². The first-order valence-electron chi connectivity index (χ1n) is 11.9. The molecule has 1 aromatic heterocycles. The number of urea groups is 1. The molecule has 186 valence electrons. The molecule has 7 heteroatoms. The summed E-state index contributed by atoms with van der Waals surface area (Å²) in [5.74, 6) is 1.29. The van der Waals surface area contributed by atoms with Crippen LogP contribution in [0.15, 0.2) is 77.6 Å². The second-order valence-corrected chi connectivity index (χ2v) is 8.72. The minimum absolute atomic E-state index is 0.188. The van der Waals surface area contributed by atoms with Gasteiger partial charge < -0.3 is 24.7 Å². The monoisotopic (exact) mass is 485 g/mol. The molecule has 36 heavy (non-hydrogen) atoms. The summed E-state index contributed by atoms with van der Waals surface area (Å²) in [6.45, 7) is 2.99. The summed E-state index contributed by atoms with van der Waals surface area (Å²) in [5, 5.41) is 3.92. The Morgan fingerprint density at radius 1 is 0.917 bits per heavy atom. The molecule has 4 rings (SSSR count). The van der Waals surface area contributed by atoms with Crippen molar-refractivity contribution in [1.29, 1.82) is 0 Å². The lowest BCUT2D eigenvalue weighted by Crippen LogP contribution is -2.41. The number of hydrogen-bond acceptors (Lipinski definition) is 4. The zero-order chi connectivity index (χ0) is 25.5. The van der Waals surface area contributed by atoms with Crippen LogP contribution in [-0.2, 0) is 19.5 Å². The summed E-state index contributed by atoms with van der Waals surface area (Å²) in [6.07, 6.45) is 0.587. The Morgan fingerprint density at radius 3 is 2.44 bits per heavy atom. The number of aromatic nitrogens is 1. The van der Waals surface area contributed by atoms with Crippen molar-refractivity contribution in [2.45, 2.75) is 26.4 Å². The van der Waals surface area contributed by atoms with Crippen molar-refractivity contribution in [3.8, 4) is 11.5 Å². The maximum absolute atomic E-state index is 13.2. The quantitative estimate of drug-likeness (QED) is 0.356. The molecule has 0 radical (unpaired) electrons. The fourth-order valence-corrected chi connectivity index (χ4v) is 4.12. The lowest BCUT2D eigenvalue weighted by atomic mass is 10.1. The lowest BCUT2D eigenvalue weighted by molar-refractivity contribution is 0.195. The van der Waals surface area contributed by atoms with Gasteiger partial charge in [0.25, 0.3) is 5.56 Å². The van der Waals surface area contributed by atoms with Crippen LogP contribution in [0.2, 0.25) is 0 Å². The van der Waals surface area contributed by atoms with Crippen molar-refractivity contribution in [3.63, 3.8) is 0 Å². The molecule has 0 spiro atoms. The van der Waals surface area contributed by atoms with Crippen LogP contribution in [-0.4, -0.2) is 36.7 Å². The van der Waals surface area contributed by atoms with Crippen molar-refractivity contribution in [2.24, 2.45) is 0 Å². The van der Waals surface area contributed by atoms with Gasteiger partial charge in [0.2, 0.25) is 0 Å². The van der Waals surface area contributed by atoms with Crippen LogP contribution in [0.25, 0.3) is 10.9 Å². The Labute approximate surface area is 210 Å². The van der Waals surface area contributed by atoms with E-state index in [0.717, 1.165) is 27.6 Å². The number of H-pyrrole nitrogens is 1. The first-order chi connectivity index (χ1) is 17.5. The molecule has 0 fully saturated rings. The van der Waals surface area contributed by atoms with Gasteiger partial charge in [0, 0.05) is 24.2 Å². The fraction of sp³-hybridized carbons (Fsp3) is 0.241. The zero-order valence-corrected chi connectivity index (χ0v) is 20.8. The van der Waals surface area contributed by atoms with Gasteiger partial charge in [-0.1, -0.05) is 48.5 Å². The number of methoxy groups -OCH3 is 2. The van der Waals surface area contributed by atoms with E-state index in [1.807, 2.05) is 79.7 Å². The summed E-state index contributed by atoms with van der Waals surface area (Å²) < 4.78 is 10.7. The van der Waals surface area contributed by atoms with E-state index in [2.05, 4.69) is 10.3 Å². The number of aryl methyl sites for hydroxylation is 1. The van der Waals surface area contributed by atoms with Crippen molar-refractivity contribution in [3.05, 3.63) is 105 Å². The molecule has 0 aliphatic rings. The van der Waals surface area contributed by atoms with Crippen LogP contribution in [0.3, 0.4) is 0 Å². The van der Waals surface area contributed by atoms with E-state index in [-0.39, 0.29) is 18.1 Å². The van der Waals surface area contributed by atoms with Crippen LogP contribution in [0.4, 0.5) is 4.79 Å². The minimum Gasteiger partial charge on any atom is -0.493 e. The number of fused-ring (bicyclic) bond motifs is 1. The molecule has 0 bridgehead atoms. The summed E-state index contributed by atoms with van der Waals surface area (Å²) >= 11 is 0. The number of aromatic amines is 1. The zero-order valence-electron chi connectivity index (χ0n) is 20.8. The molecule has 0 aliphatic carbocycles. The van der Waals surface area contributed by atoms with E-state index >= 15 is 0 Å². The highest BCUT2D eigenvalue weighted by molar-refractivity contribution is 5.80.